The average Bonchev–Trinajstić information content (AvgIpc) is 3.04. The molecule has 0 aromatic carbocycles. The summed E-state index contributed by atoms with van der Waals surface area (Å²) in [5, 5.41) is 26.1. The summed E-state index contributed by atoms with van der Waals surface area (Å²) >= 11 is 5.71. The van der Waals surface area contributed by atoms with Gasteiger partial charge in [0.25, 0.3) is 0 Å². The second-order valence-corrected chi connectivity index (χ2v) is 9.53. The monoisotopic (exact) mass is 406 g/mol. The Morgan fingerprint density at radius 1 is 1.38 bits per heavy atom. The quantitative estimate of drug-likeness (QED) is 0.429. The molecular formula is C12H14N4O4S4. The number of rotatable bonds is 7. The van der Waals surface area contributed by atoms with Crippen molar-refractivity contribution < 1.29 is 19.8 Å². The third kappa shape index (κ3) is 3.44. The topological polar surface area (TPSA) is 130 Å². The van der Waals surface area contributed by atoms with Crippen LogP contribution in [0.15, 0.2) is 19.9 Å². The minimum absolute atomic E-state index is 0.0531. The first-order chi connectivity index (χ1) is 11.5. The zero-order chi connectivity index (χ0) is 17.3. The molecule has 0 aliphatic carbocycles. The van der Waals surface area contributed by atoms with Gasteiger partial charge in [-0.15, -0.1) is 22.0 Å². The molecule has 12 heteroatoms. The molecule has 4 N–H and O–H groups in total. The van der Waals surface area contributed by atoms with E-state index in [1.54, 1.807) is 0 Å². The molecule has 3 heterocycles. The molecule has 2 aliphatic rings. The molecule has 1 aromatic rings. The molecule has 2 aliphatic heterocycles. The summed E-state index contributed by atoms with van der Waals surface area (Å²) in [6.07, 6.45) is 0. The Hall–Kier alpha value is -0.790. The maximum Gasteiger partial charge on any atom is 0.352 e. The largest absolute Gasteiger partial charge is 0.477 e. The number of carbonyl (C=O) groups excluding carboxylic acids is 1. The van der Waals surface area contributed by atoms with Crippen molar-refractivity contribution in [1.29, 1.82) is 0 Å². The number of nitrogens with two attached hydrogens (primary N) is 1. The van der Waals surface area contributed by atoms with Gasteiger partial charge in [-0.05, 0) is 5.57 Å². The highest BCUT2D eigenvalue weighted by Gasteiger charge is 2.51. The number of aliphatic carboxylic acids is 1. The summed E-state index contributed by atoms with van der Waals surface area (Å²) in [5.74, 6) is 0.0722. The minimum Gasteiger partial charge on any atom is -0.477 e. The van der Waals surface area contributed by atoms with Crippen LogP contribution in [0, 0.1) is 0 Å². The number of aromatic nitrogens is 2. The van der Waals surface area contributed by atoms with Crippen molar-refractivity contribution in [2.45, 2.75) is 20.1 Å². The average molecular weight is 407 g/mol. The lowest BCUT2D eigenvalue weighted by molar-refractivity contribution is -0.147. The zero-order valence-electron chi connectivity index (χ0n) is 12.2. The summed E-state index contributed by atoms with van der Waals surface area (Å²) in [4.78, 5) is 24.7. The molecule has 1 aromatic heterocycles. The fourth-order valence-corrected chi connectivity index (χ4v) is 6.55. The molecule has 1 fully saturated rings. The molecule has 2 atom stereocenters. The van der Waals surface area contributed by atoms with E-state index in [0.717, 1.165) is 8.68 Å². The van der Waals surface area contributed by atoms with Crippen LogP contribution in [0.2, 0.25) is 0 Å². The highest BCUT2D eigenvalue weighted by molar-refractivity contribution is 8.03. The van der Waals surface area contributed by atoms with Gasteiger partial charge in [-0.2, -0.15) is 0 Å². The molecule has 1 unspecified atom stereocenters. The first-order valence-electron chi connectivity index (χ1n) is 6.88. The Morgan fingerprint density at radius 2 is 2.08 bits per heavy atom. The highest BCUT2D eigenvalue weighted by Crippen LogP contribution is 2.41. The maximum atomic E-state index is 11.9. The van der Waals surface area contributed by atoms with Gasteiger partial charge < -0.3 is 15.9 Å². The summed E-state index contributed by atoms with van der Waals surface area (Å²) in [6.45, 7) is 0.0754. The molecule has 1 amide bonds. The number of amides is 1. The van der Waals surface area contributed by atoms with E-state index in [9.17, 15) is 14.7 Å². The molecule has 1 saturated heterocycles. The standard InChI is InChI=1S/C12H14N4O4S4/c13-6-8(18)16-7(10(19)20)5(3-22-9(6)16)4-23-12-15-14-11(24-12)21-2-1-17/h6,9,17H,1-4,13H2,(H,19,20)/t6?,9-/m0/s1. The van der Waals surface area contributed by atoms with Crippen LogP contribution in [-0.4, -0.2) is 72.5 Å². The number of carbonyl (C=O) groups is 2. The lowest BCUT2D eigenvalue weighted by atomic mass is 10.0. The van der Waals surface area contributed by atoms with Crippen LogP contribution < -0.4 is 5.73 Å². The molecule has 0 saturated carbocycles. The first-order valence-corrected chi connectivity index (χ1v) is 10.7. The second kappa shape index (κ2) is 7.62. The Kier molecular flexibility index (Phi) is 5.72. The van der Waals surface area contributed by atoms with Crippen LogP contribution in [0.5, 0.6) is 0 Å². The van der Waals surface area contributed by atoms with Crippen LogP contribution in [-0.2, 0) is 9.59 Å². The van der Waals surface area contributed by atoms with Crippen molar-refractivity contribution in [2.24, 2.45) is 5.73 Å². The van der Waals surface area contributed by atoms with E-state index in [-0.39, 0.29) is 23.6 Å². The summed E-state index contributed by atoms with van der Waals surface area (Å²) in [6, 6.07) is -0.618. The van der Waals surface area contributed by atoms with E-state index in [0.29, 0.717) is 22.8 Å². The number of carboxylic acids is 1. The number of hydrogen-bond acceptors (Lipinski definition) is 10. The number of nitrogens with zero attached hydrogens (tertiary/aromatic N) is 3. The molecule has 0 radical (unpaired) electrons. The van der Waals surface area contributed by atoms with Gasteiger partial charge in [0.15, 0.2) is 8.68 Å². The Morgan fingerprint density at radius 3 is 2.75 bits per heavy atom. The summed E-state index contributed by atoms with van der Waals surface area (Å²) in [5.41, 5.74) is 6.46. The number of β-lactam (4-membered cyclic amide) rings is 1. The summed E-state index contributed by atoms with van der Waals surface area (Å²) < 4.78 is 1.49. The number of fused-ring (bicyclic) bond motifs is 1. The van der Waals surface area contributed by atoms with Crippen molar-refractivity contribution in [3.63, 3.8) is 0 Å². The van der Waals surface area contributed by atoms with Gasteiger partial charge in [0.2, 0.25) is 5.91 Å². The van der Waals surface area contributed by atoms with E-state index >= 15 is 0 Å². The zero-order valence-corrected chi connectivity index (χ0v) is 15.5. The van der Waals surface area contributed by atoms with Gasteiger partial charge in [0.05, 0.1) is 6.61 Å². The van der Waals surface area contributed by atoms with Crippen LogP contribution in [0.25, 0.3) is 0 Å². The van der Waals surface area contributed by atoms with E-state index in [1.165, 1.54) is 51.5 Å². The fraction of sp³-hybridized carbons (Fsp3) is 0.500. The van der Waals surface area contributed by atoms with E-state index in [2.05, 4.69) is 10.2 Å². The molecule has 3 rings (SSSR count). The van der Waals surface area contributed by atoms with Gasteiger partial charge >= 0.3 is 5.97 Å². The molecule has 8 nitrogen and oxygen atoms in total. The number of thioether (sulfide) groups is 3. The van der Waals surface area contributed by atoms with Crippen LogP contribution in [0.4, 0.5) is 0 Å². The lowest BCUT2D eigenvalue weighted by Crippen LogP contribution is -2.68. The minimum atomic E-state index is -1.10. The van der Waals surface area contributed by atoms with Crippen molar-refractivity contribution in [1.82, 2.24) is 15.1 Å². The molecular weight excluding hydrogens is 392 g/mol. The van der Waals surface area contributed by atoms with Gasteiger partial charge in [0.1, 0.15) is 17.1 Å². The fourth-order valence-electron chi connectivity index (χ4n) is 2.29. The SMILES string of the molecule is NC1C(=O)N2C(C(=O)O)=C(CSc3nnc(SCCO)s3)CS[C@@H]12. The maximum absolute atomic E-state index is 11.9. The van der Waals surface area contributed by atoms with Gasteiger partial charge in [-0.1, -0.05) is 34.9 Å². The van der Waals surface area contributed by atoms with Gasteiger partial charge in [0, 0.05) is 17.3 Å². The predicted molar refractivity (Wildman–Crippen MR) is 94.2 cm³/mol. The van der Waals surface area contributed by atoms with E-state index < -0.39 is 12.0 Å². The highest BCUT2D eigenvalue weighted by atomic mass is 32.2. The predicted octanol–water partition coefficient (Wildman–Crippen LogP) is 0.296. The van der Waals surface area contributed by atoms with Crippen molar-refractivity contribution in [2.75, 3.05) is 23.9 Å². The van der Waals surface area contributed by atoms with Gasteiger partial charge in [-0.3, -0.25) is 9.69 Å². The van der Waals surface area contributed by atoms with Crippen molar-refractivity contribution in [3.8, 4) is 0 Å². The Bertz CT molecular complexity index is 694. The van der Waals surface area contributed by atoms with Crippen molar-refractivity contribution >= 4 is 58.5 Å². The smallest absolute Gasteiger partial charge is 0.352 e. The number of aliphatic hydroxyl groups excluding tert-OH is 1. The van der Waals surface area contributed by atoms with Crippen LogP contribution >= 0.6 is 46.6 Å². The third-order valence-corrected chi connectivity index (χ3v) is 7.98. The first kappa shape index (κ1) is 18.0. The second-order valence-electron chi connectivity index (χ2n) is 4.89. The van der Waals surface area contributed by atoms with E-state index in [4.69, 9.17) is 10.8 Å². The van der Waals surface area contributed by atoms with Crippen LogP contribution in [0.3, 0.4) is 0 Å². The van der Waals surface area contributed by atoms with Crippen LogP contribution in [0.1, 0.15) is 0 Å². The molecule has 0 bridgehead atoms. The Balaban J connectivity index is 1.70. The normalized spacial score (nSPS) is 23.2. The number of carboxylic acid groups (broad SMARTS) is 1. The molecule has 24 heavy (non-hydrogen) atoms. The van der Waals surface area contributed by atoms with Crippen molar-refractivity contribution in [3.05, 3.63) is 11.3 Å². The molecule has 130 valence electrons. The van der Waals surface area contributed by atoms with Gasteiger partial charge in [-0.25, -0.2) is 4.79 Å². The number of hydrogen-bond donors (Lipinski definition) is 3. The molecule has 0 spiro atoms. The third-order valence-electron chi connectivity index (χ3n) is 3.37. The number of aliphatic hydroxyl groups is 1. The Labute approximate surface area is 154 Å². The van der Waals surface area contributed by atoms with E-state index in [1.807, 2.05) is 0 Å². The lowest BCUT2D eigenvalue weighted by Gasteiger charge is -2.48. The summed E-state index contributed by atoms with van der Waals surface area (Å²) in [7, 11) is 0.